The third-order valence-electron chi connectivity index (χ3n) is 3.11. The van der Waals surface area contributed by atoms with Crippen molar-refractivity contribution in [1.82, 2.24) is 14.9 Å². The summed E-state index contributed by atoms with van der Waals surface area (Å²) < 4.78 is 26.4. The monoisotopic (exact) mass is 328 g/mol. The Morgan fingerprint density at radius 2 is 2.18 bits per heavy atom. The fourth-order valence-electron chi connectivity index (χ4n) is 1.97. The number of amides is 2. The van der Waals surface area contributed by atoms with Crippen molar-refractivity contribution in [3.05, 3.63) is 23.8 Å². The molecule has 1 aromatic rings. The number of carboxylic acids is 1. The molecule has 3 N–H and O–H groups in total. The lowest BCUT2D eigenvalue weighted by molar-refractivity contribution is -0.268. The normalized spacial score (nSPS) is 14.9. The topological polar surface area (TPSA) is 139 Å². The SMILES string of the molecule is O=C(O)c1cc(S(=O)(=O)NCCN2CCNC2=O)ccc1[O-]. The minimum atomic E-state index is -3.95. The standard InChI is InChI=1S/C12H15N3O6S/c16-10-2-1-8(7-9(10)11(17)18)22(20,21)14-4-6-15-5-3-13-12(15)19/h1-2,7,14,16H,3-6H2,(H,13,19)(H,17,18)/p-1. The van der Waals surface area contributed by atoms with Crippen molar-refractivity contribution < 1.29 is 28.2 Å². The predicted octanol–water partition coefficient (Wildman–Crippen LogP) is -1.24. The molecule has 0 saturated carbocycles. The van der Waals surface area contributed by atoms with E-state index in [9.17, 15) is 23.1 Å². The molecule has 1 fully saturated rings. The van der Waals surface area contributed by atoms with Crippen LogP contribution in [0, 0.1) is 0 Å². The summed E-state index contributed by atoms with van der Waals surface area (Å²) >= 11 is 0. The van der Waals surface area contributed by atoms with E-state index in [1.54, 1.807) is 0 Å². The summed E-state index contributed by atoms with van der Waals surface area (Å²) in [5.74, 6) is -2.25. The molecule has 1 aliphatic heterocycles. The molecule has 22 heavy (non-hydrogen) atoms. The van der Waals surface area contributed by atoms with Crippen LogP contribution in [0.15, 0.2) is 23.1 Å². The van der Waals surface area contributed by atoms with Crippen molar-refractivity contribution in [2.75, 3.05) is 26.2 Å². The van der Waals surface area contributed by atoms with Gasteiger partial charge in [-0.05, 0) is 12.1 Å². The van der Waals surface area contributed by atoms with Gasteiger partial charge in [-0.3, -0.25) is 0 Å². The van der Waals surface area contributed by atoms with Crippen LogP contribution in [0.1, 0.15) is 10.4 Å². The number of nitrogens with zero attached hydrogens (tertiary/aromatic N) is 1. The molecule has 0 unspecified atom stereocenters. The molecule has 1 aliphatic rings. The van der Waals surface area contributed by atoms with E-state index in [0.717, 1.165) is 18.2 Å². The predicted molar refractivity (Wildman–Crippen MR) is 73.0 cm³/mol. The van der Waals surface area contributed by atoms with E-state index in [1.165, 1.54) is 4.90 Å². The minimum absolute atomic E-state index is 0.0166. The zero-order valence-corrected chi connectivity index (χ0v) is 12.2. The Kier molecular flexibility index (Phi) is 4.52. The molecule has 1 heterocycles. The molecule has 0 aliphatic carbocycles. The fraction of sp³-hybridized carbons (Fsp3) is 0.333. The Balaban J connectivity index is 2.05. The van der Waals surface area contributed by atoms with Crippen molar-refractivity contribution in [1.29, 1.82) is 0 Å². The number of benzene rings is 1. The Morgan fingerprint density at radius 3 is 2.77 bits per heavy atom. The third-order valence-corrected chi connectivity index (χ3v) is 4.57. The van der Waals surface area contributed by atoms with Crippen LogP contribution in [-0.4, -0.2) is 56.6 Å². The zero-order chi connectivity index (χ0) is 16.3. The molecule has 0 aromatic heterocycles. The lowest BCUT2D eigenvalue weighted by Crippen LogP contribution is -2.36. The highest BCUT2D eigenvalue weighted by molar-refractivity contribution is 7.89. The van der Waals surface area contributed by atoms with Gasteiger partial charge in [-0.25, -0.2) is 22.7 Å². The highest BCUT2D eigenvalue weighted by Gasteiger charge is 2.21. The quantitative estimate of drug-likeness (QED) is 0.597. The molecule has 1 aromatic carbocycles. The largest absolute Gasteiger partial charge is 0.872 e. The Bertz CT molecular complexity index is 703. The fourth-order valence-corrected chi connectivity index (χ4v) is 3.01. The van der Waals surface area contributed by atoms with Crippen LogP contribution < -0.4 is 15.1 Å². The van der Waals surface area contributed by atoms with E-state index in [1.807, 2.05) is 0 Å². The van der Waals surface area contributed by atoms with Crippen molar-refractivity contribution in [3.8, 4) is 5.75 Å². The molecular weight excluding hydrogens is 314 g/mol. The van der Waals surface area contributed by atoms with Gasteiger partial charge in [-0.15, -0.1) is 0 Å². The first-order chi connectivity index (χ1) is 10.3. The number of carbonyl (C=O) groups is 2. The lowest BCUT2D eigenvalue weighted by atomic mass is 10.2. The van der Waals surface area contributed by atoms with Gasteiger partial charge in [0.15, 0.2) is 0 Å². The summed E-state index contributed by atoms with van der Waals surface area (Å²) in [6.07, 6.45) is 0. The number of hydrogen-bond acceptors (Lipinski definition) is 5. The van der Waals surface area contributed by atoms with Crippen LogP contribution >= 0.6 is 0 Å². The first-order valence-corrected chi connectivity index (χ1v) is 7.86. The van der Waals surface area contributed by atoms with Gasteiger partial charge in [0, 0.05) is 26.2 Å². The van der Waals surface area contributed by atoms with Crippen molar-refractivity contribution in [3.63, 3.8) is 0 Å². The van der Waals surface area contributed by atoms with Crippen molar-refractivity contribution in [2.45, 2.75) is 4.90 Å². The molecule has 2 amide bonds. The second kappa shape index (κ2) is 6.20. The molecule has 10 heteroatoms. The molecule has 120 valence electrons. The van der Waals surface area contributed by atoms with Crippen LogP contribution in [0.3, 0.4) is 0 Å². The molecule has 9 nitrogen and oxygen atoms in total. The minimum Gasteiger partial charge on any atom is -0.872 e. The zero-order valence-electron chi connectivity index (χ0n) is 11.4. The molecule has 0 radical (unpaired) electrons. The van der Waals surface area contributed by atoms with Crippen LogP contribution in [0.25, 0.3) is 0 Å². The number of hydrogen-bond donors (Lipinski definition) is 3. The maximum Gasteiger partial charge on any atom is 0.335 e. The van der Waals surface area contributed by atoms with Gasteiger partial charge < -0.3 is 20.4 Å². The van der Waals surface area contributed by atoms with Crippen LogP contribution in [-0.2, 0) is 10.0 Å². The van der Waals surface area contributed by atoms with E-state index in [4.69, 9.17) is 5.11 Å². The van der Waals surface area contributed by atoms with E-state index in [0.29, 0.717) is 13.1 Å². The van der Waals surface area contributed by atoms with E-state index in [-0.39, 0.29) is 24.0 Å². The summed E-state index contributed by atoms with van der Waals surface area (Å²) in [5, 5.41) is 22.7. The highest BCUT2D eigenvalue weighted by atomic mass is 32.2. The average molecular weight is 328 g/mol. The summed E-state index contributed by atoms with van der Waals surface area (Å²) in [5.41, 5.74) is -0.609. The summed E-state index contributed by atoms with van der Waals surface area (Å²) in [6, 6.07) is 2.49. The van der Waals surface area contributed by atoms with Gasteiger partial charge in [0.2, 0.25) is 10.0 Å². The van der Waals surface area contributed by atoms with E-state index >= 15 is 0 Å². The first kappa shape index (κ1) is 16.0. The molecule has 0 bridgehead atoms. The number of nitrogens with one attached hydrogen (secondary N) is 2. The molecule has 0 atom stereocenters. The second-order valence-corrected chi connectivity index (χ2v) is 6.35. The first-order valence-electron chi connectivity index (χ1n) is 6.38. The van der Waals surface area contributed by atoms with Crippen LogP contribution in [0.2, 0.25) is 0 Å². The lowest BCUT2D eigenvalue weighted by Gasteiger charge is -2.15. The van der Waals surface area contributed by atoms with Gasteiger partial charge in [-0.2, -0.15) is 0 Å². The van der Waals surface area contributed by atoms with Crippen molar-refractivity contribution in [2.24, 2.45) is 0 Å². The molecular formula is C12H14N3O6S-. The molecule has 1 saturated heterocycles. The number of aromatic carboxylic acids is 1. The van der Waals surface area contributed by atoms with Gasteiger partial charge in [0.05, 0.1) is 10.5 Å². The number of sulfonamides is 1. The number of carboxylic acid groups (broad SMARTS) is 1. The molecule has 2 rings (SSSR count). The average Bonchev–Trinajstić information content (AvgIpc) is 2.84. The van der Waals surface area contributed by atoms with E-state index in [2.05, 4.69) is 10.0 Å². The van der Waals surface area contributed by atoms with Crippen LogP contribution in [0.4, 0.5) is 4.79 Å². The van der Waals surface area contributed by atoms with Gasteiger partial charge in [0.1, 0.15) is 0 Å². The molecule has 0 spiro atoms. The Morgan fingerprint density at radius 1 is 1.45 bits per heavy atom. The number of urea groups is 1. The summed E-state index contributed by atoms with van der Waals surface area (Å²) in [4.78, 5) is 23.3. The summed E-state index contributed by atoms with van der Waals surface area (Å²) in [7, 11) is -3.95. The third kappa shape index (κ3) is 3.46. The maximum absolute atomic E-state index is 12.0. The Labute approximate surface area is 126 Å². The highest BCUT2D eigenvalue weighted by Crippen LogP contribution is 2.19. The number of carbonyl (C=O) groups excluding carboxylic acids is 1. The van der Waals surface area contributed by atoms with E-state index < -0.39 is 27.3 Å². The van der Waals surface area contributed by atoms with Crippen molar-refractivity contribution >= 4 is 22.0 Å². The maximum atomic E-state index is 12.0. The number of rotatable bonds is 6. The summed E-state index contributed by atoms with van der Waals surface area (Å²) in [6.45, 7) is 1.18. The van der Waals surface area contributed by atoms with Gasteiger partial charge in [0.25, 0.3) is 0 Å². The second-order valence-electron chi connectivity index (χ2n) is 4.58. The van der Waals surface area contributed by atoms with Gasteiger partial charge >= 0.3 is 12.0 Å². The van der Waals surface area contributed by atoms with Gasteiger partial charge in [-0.1, -0.05) is 11.8 Å². The Hall–Kier alpha value is -2.33. The van der Waals surface area contributed by atoms with Crippen LogP contribution in [0.5, 0.6) is 5.75 Å². The smallest absolute Gasteiger partial charge is 0.335 e.